The monoisotopic (exact) mass is 321 g/mol. The maximum absolute atomic E-state index is 12.7. The molecule has 110 valence electrons. The number of benzene rings is 1. The van der Waals surface area contributed by atoms with Crippen molar-refractivity contribution in [2.24, 2.45) is 0 Å². The summed E-state index contributed by atoms with van der Waals surface area (Å²) in [7, 11) is 0. The maximum atomic E-state index is 12.7. The van der Waals surface area contributed by atoms with Crippen LogP contribution in [0.2, 0.25) is 5.02 Å². The summed E-state index contributed by atoms with van der Waals surface area (Å²) in [5.74, 6) is 0.0526. The van der Waals surface area contributed by atoms with Gasteiger partial charge in [-0.25, -0.2) is 0 Å². The van der Waals surface area contributed by atoms with E-state index in [9.17, 15) is 4.79 Å². The largest absolute Gasteiger partial charge is 0.338 e. The highest BCUT2D eigenvalue weighted by molar-refractivity contribution is 7.08. The van der Waals surface area contributed by atoms with Gasteiger partial charge in [0.25, 0.3) is 5.91 Å². The number of amides is 1. The lowest BCUT2D eigenvalue weighted by atomic mass is 10.1. The fraction of sp³-hybridized carbons (Fsp3) is 0.400. The molecule has 2 heterocycles. The molecule has 3 rings (SSSR count). The molecule has 1 fully saturated rings. The van der Waals surface area contributed by atoms with E-state index < -0.39 is 0 Å². The molecule has 0 aliphatic carbocycles. The van der Waals surface area contributed by atoms with Gasteiger partial charge in [-0.15, -0.1) is 5.10 Å². The molecule has 0 bridgehead atoms. The highest BCUT2D eigenvalue weighted by Crippen LogP contribution is 2.27. The molecule has 21 heavy (non-hydrogen) atoms. The van der Waals surface area contributed by atoms with E-state index in [1.807, 2.05) is 17.0 Å². The summed E-state index contributed by atoms with van der Waals surface area (Å²) >= 11 is 7.08. The molecule has 1 saturated heterocycles. The summed E-state index contributed by atoms with van der Waals surface area (Å²) in [5.41, 5.74) is 1.54. The smallest absolute Gasteiger partial charge is 0.267 e. The van der Waals surface area contributed by atoms with Gasteiger partial charge >= 0.3 is 0 Å². The first-order chi connectivity index (χ1) is 10.3. The minimum Gasteiger partial charge on any atom is -0.338 e. The van der Waals surface area contributed by atoms with E-state index in [2.05, 4.69) is 9.59 Å². The Bertz CT molecular complexity index is 618. The molecule has 4 nitrogen and oxygen atoms in total. The molecule has 1 aromatic heterocycles. The summed E-state index contributed by atoms with van der Waals surface area (Å²) < 4.78 is 3.97. The highest BCUT2D eigenvalue weighted by Gasteiger charge is 2.23. The summed E-state index contributed by atoms with van der Waals surface area (Å²) in [6.07, 6.45) is 4.56. The van der Waals surface area contributed by atoms with Crippen molar-refractivity contribution in [3.05, 3.63) is 34.2 Å². The third-order valence-electron chi connectivity index (χ3n) is 3.69. The Hall–Kier alpha value is -1.46. The van der Waals surface area contributed by atoms with Gasteiger partial charge in [-0.05, 0) is 36.5 Å². The number of hydrogen-bond acceptors (Lipinski definition) is 4. The third-order valence-corrected chi connectivity index (χ3v) is 4.66. The molecule has 0 N–H and O–H groups in total. The molecule has 0 unspecified atom stereocenters. The minimum atomic E-state index is 0.0526. The van der Waals surface area contributed by atoms with Crippen LogP contribution in [-0.4, -0.2) is 33.5 Å². The standard InChI is InChI=1S/C15H16ClN3OS/c16-12-7-5-11(6-8-12)13-14(21-18-17-13)15(20)19-9-3-1-2-4-10-19/h5-8H,1-4,9-10H2. The van der Waals surface area contributed by atoms with Gasteiger partial charge < -0.3 is 4.90 Å². The maximum Gasteiger partial charge on any atom is 0.267 e. The van der Waals surface area contributed by atoms with Crippen LogP contribution in [0.1, 0.15) is 35.4 Å². The molecular formula is C15H16ClN3OS. The van der Waals surface area contributed by atoms with Gasteiger partial charge in [-0.1, -0.05) is 41.1 Å². The molecule has 0 spiro atoms. The first kappa shape index (κ1) is 14.5. The van der Waals surface area contributed by atoms with E-state index in [-0.39, 0.29) is 5.91 Å². The van der Waals surface area contributed by atoms with E-state index in [1.54, 1.807) is 12.1 Å². The summed E-state index contributed by atoms with van der Waals surface area (Å²) in [4.78, 5) is 15.3. The van der Waals surface area contributed by atoms with Gasteiger partial charge in [0, 0.05) is 23.7 Å². The van der Waals surface area contributed by atoms with Crippen molar-refractivity contribution in [1.29, 1.82) is 0 Å². The number of nitrogens with zero attached hydrogens (tertiary/aromatic N) is 3. The number of carbonyl (C=O) groups excluding carboxylic acids is 1. The first-order valence-corrected chi connectivity index (χ1v) is 8.28. The Labute approximate surface area is 132 Å². The van der Waals surface area contributed by atoms with Gasteiger partial charge in [0.15, 0.2) is 0 Å². The normalized spacial score (nSPS) is 15.8. The van der Waals surface area contributed by atoms with Crippen LogP contribution in [-0.2, 0) is 0 Å². The lowest BCUT2D eigenvalue weighted by molar-refractivity contribution is 0.0767. The number of aromatic nitrogens is 2. The van der Waals surface area contributed by atoms with Crippen molar-refractivity contribution in [1.82, 2.24) is 14.5 Å². The van der Waals surface area contributed by atoms with Crippen molar-refractivity contribution in [2.45, 2.75) is 25.7 Å². The number of hydrogen-bond donors (Lipinski definition) is 0. The summed E-state index contributed by atoms with van der Waals surface area (Å²) in [5, 5.41) is 4.80. The molecule has 1 amide bonds. The van der Waals surface area contributed by atoms with Crippen LogP contribution >= 0.6 is 23.1 Å². The van der Waals surface area contributed by atoms with Crippen molar-refractivity contribution >= 4 is 29.0 Å². The summed E-state index contributed by atoms with van der Waals surface area (Å²) in [6, 6.07) is 7.35. The number of likely N-dealkylation sites (tertiary alicyclic amines) is 1. The second-order valence-electron chi connectivity index (χ2n) is 5.16. The zero-order chi connectivity index (χ0) is 14.7. The topological polar surface area (TPSA) is 46.1 Å². The number of halogens is 1. The van der Waals surface area contributed by atoms with Crippen molar-refractivity contribution in [3.8, 4) is 11.3 Å². The molecule has 1 aliphatic heterocycles. The average molecular weight is 322 g/mol. The minimum absolute atomic E-state index is 0.0526. The molecular weight excluding hydrogens is 306 g/mol. The Morgan fingerprint density at radius 2 is 1.76 bits per heavy atom. The number of carbonyl (C=O) groups is 1. The zero-order valence-electron chi connectivity index (χ0n) is 11.6. The van der Waals surface area contributed by atoms with Crippen LogP contribution in [0.3, 0.4) is 0 Å². The fourth-order valence-corrected chi connectivity index (χ4v) is 3.33. The second kappa shape index (κ2) is 6.54. The Morgan fingerprint density at radius 1 is 1.10 bits per heavy atom. The molecule has 0 atom stereocenters. The first-order valence-electron chi connectivity index (χ1n) is 7.13. The van der Waals surface area contributed by atoms with Crippen molar-refractivity contribution in [3.63, 3.8) is 0 Å². The van der Waals surface area contributed by atoms with Crippen molar-refractivity contribution in [2.75, 3.05) is 13.1 Å². The van der Waals surface area contributed by atoms with Crippen molar-refractivity contribution < 1.29 is 4.79 Å². The lowest BCUT2D eigenvalue weighted by Crippen LogP contribution is -2.31. The highest BCUT2D eigenvalue weighted by atomic mass is 35.5. The number of rotatable bonds is 2. The van der Waals surface area contributed by atoms with Crippen LogP contribution in [0.4, 0.5) is 0 Å². The van der Waals surface area contributed by atoms with Crippen LogP contribution in [0.25, 0.3) is 11.3 Å². The molecule has 0 saturated carbocycles. The van der Waals surface area contributed by atoms with Gasteiger partial charge in [0.05, 0.1) is 0 Å². The SMILES string of the molecule is O=C(c1snnc1-c1ccc(Cl)cc1)N1CCCCCC1. The van der Waals surface area contributed by atoms with Gasteiger partial charge in [0.1, 0.15) is 10.6 Å². The van der Waals surface area contributed by atoms with E-state index in [0.717, 1.165) is 31.5 Å². The molecule has 1 aromatic carbocycles. The third kappa shape index (κ3) is 3.24. The fourth-order valence-electron chi connectivity index (χ4n) is 2.55. The van der Waals surface area contributed by atoms with E-state index >= 15 is 0 Å². The lowest BCUT2D eigenvalue weighted by Gasteiger charge is -2.19. The quantitative estimate of drug-likeness (QED) is 0.843. The van der Waals surface area contributed by atoms with Crippen LogP contribution in [0.5, 0.6) is 0 Å². The van der Waals surface area contributed by atoms with Crippen LogP contribution < -0.4 is 0 Å². The molecule has 2 aromatic rings. The van der Waals surface area contributed by atoms with Crippen LogP contribution in [0, 0.1) is 0 Å². The Morgan fingerprint density at radius 3 is 2.43 bits per heavy atom. The van der Waals surface area contributed by atoms with Crippen LogP contribution in [0.15, 0.2) is 24.3 Å². The molecule has 0 radical (unpaired) electrons. The zero-order valence-corrected chi connectivity index (χ0v) is 13.2. The Balaban J connectivity index is 1.87. The van der Waals surface area contributed by atoms with E-state index in [1.165, 1.54) is 24.4 Å². The Kier molecular flexibility index (Phi) is 4.51. The predicted molar refractivity (Wildman–Crippen MR) is 84.7 cm³/mol. The van der Waals surface area contributed by atoms with E-state index in [0.29, 0.717) is 15.6 Å². The summed E-state index contributed by atoms with van der Waals surface area (Å²) in [6.45, 7) is 1.66. The van der Waals surface area contributed by atoms with Gasteiger partial charge in [-0.3, -0.25) is 4.79 Å². The molecule has 6 heteroatoms. The molecule has 1 aliphatic rings. The average Bonchev–Trinajstić information content (AvgIpc) is 2.82. The van der Waals surface area contributed by atoms with Gasteiger partial charge in [-0.2, -0.15) is 0 Å². The second-order valence-corrected chi connectivity index (χ2v) is 6.35. The van der Waals surface area contributed by atoms with E-state index in [4.69, 9.17) is 11.6 Å². The predicted octanol–water partition coefficient (Wildman–Crippen LogP) is 3.87. The van der Waals surface area contributed by atoms with Gasteiger partial charge in [0.2, 0.25) is 0 Å².